The minimum atomic E-state index is 0.845. The average molecular weight is 296 g/mol. The maximum absolute atomic E-state index is 4.78. The normalized spacial score (nSPS) is 18.8. The molecule has 0 radical (unpaired) electrons. The molecule has 2 aromatic rings. The van der Waals surface area contributed by atoms with Gasteiger partial charge in [0.05, 0.1) is 18.0 Å². The molecule has 0 amide bonds. The molecule has 2 aliphatic rings. The van der Waals surface area contributed by atoms with E-state index in [0.29, 0.717) is 0 Å². The third-order valence-corrected chi connectivity index (χ3v) is 4.32. The van der Waals surface area contributed by atoms with E-state index in [1.807, 2.05) is 12.4 Å². The van der Waals surface area contributed by atoms with Crippen LogP contribution in [0.3, 0.4) is 0 Å². The predicted molar refractivity (Wildman–Crippen MR) is 83.7 cm³/mol. The molecule has 0 aliphatic carbocycles. The molecule has 2 aromatic heterocycles. The molecular formula is C16H20N6. The summed E-state index contributed by atoms with van der Waals surface area (Å²) in [4.78, 5) is 23.7. The molecule has 4 rings (SSSR count). The van der Waals surface area contributed by atoms with Crippen LogP contribution in [-0.4, -0.2) is 43.6 Å². The van der Waals surface area contributed by atoms with Crippen molar-refractivity contribution in [3.8, 4) is 0 Å². The summed E-state index contributed by atoms with van der Waals surface area (Å²) >= 11 is 0. The van der Waals surface area contributed by atoms with Gasteiger partial charge in [0.15, 0.2) is 5.82 Å². The molecule has 2 aliphatic heterocycles. The number of hydrogen-bond donors (Lipinski definition) is 1. The predicted octanol–water partition coefficient (Wildman–Crippen LogP) is 1.73. The molecular weight excluding hydrogens is 276 g/mol. The molecule has 0 bridgehead atoms. The second-order valence-electron chi connectivity index (χ2n) is 5.95. The van der Waals surface area contributed by atoms with Crippen LogP contribution in [0.5, 0.6) is 0 Å². The lowest BCUT2D eigenvalue weighted by atomic mass is 10.1. The summed E-state index contributed by atoms with van der Waals surface area (Å²) in [6, 6.07) is 0. The lowest BCUT2D eigenvalue weighted by molar-refractivity contribution is 0.237. The zero-order valence-corrected chi connectivity index (χ0v) is 12.6. The van der Waals surface area contributed by atoms with Gasteiger partial charge in [0.2, 0.25) is 0 Å². The highest BCUT2D eigenvalue weighted by Gasteiger charge is 2.20. The van der Waals surface area contributed by atoms with Gasteiger partial charge in [-0.3, -0.25) is 9.89 Å². The Bertz CT molecular complexity index is 676. The molecule has 0 saturated heterocycles. The van der Waals surface area contributed by atoms with E-state index in [4.69, 9.17) is 4.98 Å². The van der Waals surface area contributed by atoms with Gasteiger partial charge in [-0.05, 0) is 19.3 Å². The summed E-state index contributed by atoms with van der Waals surface area (Å²) in [5.41, 5.74) is 3.51. The number of H-pyrrole nitrogens is 1. The second kappa shape index (κ2) is 5.96. The first-order chi connectivity index (χ1) is 10.9. The molecule has 0 aromatic carbocycles. The topological polar surface area (TPSA) is 70.1 Å². The van der Waals surface area contributed by atoms with Crippen LogP contribution in [0, 0.1) is 0 Å². The number of imidazole rings is 1. The first-order valence-corrected chi connectivity index (χ1v) is 7.97. The van der Waals surface area contributed by atoms with Crippen LogP contribution < -0.4 is 0 Å². The van der Waals surface area contributed by atoms with Crippen LogP contribution >= 0.6 is 0 Å². The van der Waals surface area contributed by atoms with E-state index in [0.717, 1.165) is 56.4 Å². The smallest absolute Gasteiger partial charge is 0.173 e. The Labute approximate surface area is 129 Å². The molecule has 4 heterocycles. The molecule has 0 fully saturated rings. The monoisotopic (exact) mass is 296 g/mol. The van der Waals surface area contributed by atoms with Crippen molar-refractivity contribution in [1.29, 1.82) is 0 Å². The SMILES string of the molecule is c1c[nH]c(CN2CCc3nc(C4=NCCCC4)ncc3C2)n1. The van der Waals surface area contributed by atoms with Crippen LogP contribution in [0.2, 0.25) is 0 Å². The van der Waals surface area contributed by atoms with E-state index in [1.54, 1.807) is 6.20 Å². The first-order valence-electron chi connectivity index (χ1n) is 7.97. The van der Waals surface area contributed by atoms with Gasteiger partial charge in [-0.15, -0.1) is 0 Å². The number of nitrogens with one attached hydrogen (secondary N) is 1. The fourth-order valence-corrected chi connectivity index (χ4v) is 3.12. The number of aliphatic imine (C=N–C) groups is 1. The van der Waals surface area contributed by atoms with E-state index in [9.17, 15) is 0 Å². The molecule has 0 saturated carbocycles. The Kier molecular flexibility index (Phi) is 3.68. The highest BCUT2D eigenvalue weighted by atomic mass is 15.2. The molecule has 6 heteroatoms. The van der Waals surface area contributed by atoms with Crippen molar-refractivity contribution < 1.29 is 0 Å². The summed E-state index contributed by atoms with van der Waals surface area (Å²) in [6.07, 6.45) is 10.0. The fraction of sp³-hybridized carbons (Fsp3) is 0.500. The van der Waals surface area contributed by atoms with Gasteiger partial charge in [-0.25, -0.2) is 15.0 Å². The number of rotatable bonds is 3. The lowest BCUT2D eigenvalue weighted by Crippen LogP contribution is -2.31. The van der Waals surface area contributed by atoms with Crippen molar-refractivity contribution >= 4 is 5.71 Å². The standard InChI is InChI=1S/C16H20N6/c1-2-5-17-14(3-1)16-20-9-12-10-22(8-4-13(12)21-16)11-15-18-6-7-19-15/h6-7,9H,1-5,8,10-11H2,(H,18,19). The third kappa shape index (κ3) is 2.78. The number of aromatic nitrogens is 4. The Morgan fingerprint density at radius 3 is 3.00 bits per heavy atom. The van der Waals surface area contributed by atoms with Gasteiger partial charge >= 0.3 is 0 Å². The molecule has 0 unspecified atom stereocenters. The van der Waals surface area contributed by atoms with Crippen molar-refractivity contribution in [3.05, 3.63) is 41.5 Å². The Morgan fingerprint density at radius 2 is 2.18 bits per heavy atom. The average Bonchev–Trinajstić information content (AvgIpc) is 3.08. The zero-order chi connectivity index (χ0) is 14.8. The quantitative estimate of drug-likeness (QED) is 0.936. The van der Waals surface area contributed by atoms with Gasteiger partial charge in [-0.2, -0.15) is 0 Å². The fourth-order valence-electron chi connectivity index (χ4n) is 3.12. The molecule has 22 heavy (non-hydrogen) atoms. The van der Waals surface area contributed by atoms with Crippen LogP contribution in [0.1, 0.15) is 42.2 Å². The van der Waals surface area contributed by atoms with Gasteiger partial charge in [-0.1, -0.05) is 0 Å². The molecule has 0 spiro atoms. The number of fused-ring (bicyclic) bond motifs is 1. The van der Waals surface area contributed by atoms with Crippen molar-refractivity contribution in [3.63, 3.8) is 0 Å². The van der Waals surface area contributed by atoms with Gasteiger partial charge in [0.25, 0.3) is 0 Å². The maximum atomic E-state index is 4.78. The number of hydrogen-bond acceptors (Lipinski definition) is 5. The lowest BCUT2D eigenvalue weighted by Gasteiger charge is -2.27. The van der Waals surface area contributed by atoms with Gasteiger partial charge in [0.1, 0.15) is 5.82 Å². The molecule has 6 nitrogen and oxygen atoms in total. The molecule has 0 atom stereocenters. The Morgan fingerprint density at radius 1 is 1.18 bits per heavy atom. The Hall–Kier alpha value is -2.08. The van der Waals surface area contributed by atoms with E-state index in [2.05, 4.69) is 24.8 Å². The highest BCUT2D eigenvalue weighted by Crippen LogP contribution is 2.19. The minimum absolute atomic E-state index is 0.845. The molecule has 1 N–H and O–H groups in total. The first kappa shape index (κ1) is 13.6. The summed E-state index contributed by atoms with van der Waals surface area (Å²) in [5, 5.41) is 0. The summed E-state index contributed by atoms with van der Waals surface area (Å²) in [6.45, 7) is 3.67. The maximum Gasteiger partial charge on any atom is 0.173 e. The number of aromatic amines is 1. The van der Waals surface area contributed by atoms with Crippen molar-refractivity contribution in [1.82, 2.24) is 24.8 Å². The number of nitrogens with zero attached hydrogens (tertiary/aromatic N) is 5. The largest absolute Gasteiger partial charge is 0.348 e. The van der Waals surface area contributed by atoms with Crippen molar-refractivity contribution in [2.45, 2.75) is 38.8 Å². The molecule has 114 valence electrons. The van der Waals surface area contributed by atoms with Crippen LogP contribution in [0.25, 0.3) is 0 Å². The Balaban J connectivity index is 1.50. The van der Waals surface area contributed by atoms with Crippen LogP contribution in [-0.2, 0) is 19.5 Å². The van der Waals surface area contributed by atoms with Crippen molar-refractivity contribution in [2.75, 3.05) is 13.1 Å². The van der Waals surface area contributed by atoms with Crippen molar-refractivity contribution in [2.24, 2.45) is 4.99 Å². The zero-order valence-electron chi connectivity index (χ0n) is 12.6. The van der Waals surface area contributed by atoms with Gasteiger partial charge < -0.3 is 4.98 Å². The van der Waals surface area contributed by atoms with Crippen LogP contribution in [0.4, 0.5) is 0 Å². The minimum Gasteiger partial charge on any atom is -0.348 e. The highest BCUT2D eigenvalue weighted by molar-refractivity contribution is 5.97. The van der Waals surface area contributed by atoms with Gasteiger partial charge in [0, 0.05) is 50.2 Å². The van der Waals surface area contributed by atoms with Crippen LogP contribution in [0.15, 0.2) is 23.6 Å². The second-order valence-corrected chi connectivity index (χ2v) is 5.95. The van der Waals surface area contributed by atoms with E-state index in [1.165, 1.54) is 24.1 Å². The van der Waals surface area contributed by atoms with E-state index in [-0.39, 0.29) is 0 Å². The summed E-state index contributed by atoms with van der Waals surface area (Å²) in [5.74, 6) is 1.86. The van der Waals surface area contributed by atoms with E-state index < -0.39 is 0 Å². The van der Waals surface area contributed by atoms with E-state index >= 15 is 0 Å². The third-order valence-electron chi connectivity index (χ3n) is 4.32. The summed E-state index contributed by atoms with van der Waals surface area (Å²) < 4.78 is 0. The summed E-state index contributed by atoms with van der Waals surface area (Å²) in [7, 11) is 0.